The number of anilines is 1. The van der Waals surface area contributed by atoms with Gasteiger partial charge in [0.1, 0.15) is 0 Å². The Balaban J connectivity index is 1.56. The fraction of sp³-hybridized carbons (Fsp3) is 0.588. The number of urea groups is 1. The molecule has 0 radical (unpaired) electrons. The van der Waals surface area contributed by atoms with Crippen LogP contribution in [0.1, 0.15) is 31.2 Å². The first-order valence-corrected chi connectivity index (χ1v) is 8.49. The predicted octanol–water partition coefficient (Wildman–Crippen LogP) is 3.65. The molecular formula is C17H24ClN3O. The minimum atomic E-state index is -0.0105. The van der Waals surface area contributed by atoms with Crippen LogP contribution in [0.4, 0.5) is 10.5 Å². The third-order valence-corrected chi connectivity index (χ3v) is 5.61. The highest BCUT2D eigenvalue weighted by atomic mass is 35.5. The van der Waals surface area contributed by atoms with Gasteiger partial charge in [0.2, 0.25) is 0 Å². The van der Waals surface area contributed by atoms with Crippen LogP contribution in [0.25, 0.3) is 0 Å². The van der Waals surface area contributed by atoms with Crippen LogP contribution in [0.15, 0.2) is 18.2 Å². The maximum Gasteiger partial charge on any atom is 0.321 e. The van der Waals surface area contributed by atoms with E-state index in [1.54, 1.807) is 0 Å². The molecule has 0 atom stereocenters. The average molecular weight is 322 g/mol. The SMILES string of the molecule is Cc1ccc(NC(=O)N2CCC3(CCNCC3)CC2)cc1Cl. The van der Waals surface area contributed by atoms with Crippen LogP contribution in [0.2, 0.25) is 5.02 Å². The quantitative estimate of drug-likeness (QED) is 0.829. The number of nitrogens with zero attached hydrogens (tertiary/aromatic N) is 1. The number of nitrogens with one attached hydrogen (secondary N) is 2. The standard InChI is InChI=1S/C17H24ClN3O/c1-13-2-3-14(12-15(13)18)20-16(22)21-10-6-17(7-11-21)4-8-19-9-5-17/h2-3,12,19H,4-11H2,1H3,(H,20,22). The summed E-state index contributed by atoms with van der Waals surface area (Å²) >= 11 is 6.11. The lowest BCUT2D eigenvalue weighted by molar-refractivity contribution is 0.0915. The number of carbonyl (C=O) groups excluding carboxylic acids is 1. The smallest absolute Gasteiger partial charge is 0.321 e. The van der Waals surface area contributed by atoms with Gasteiger partial charge in [-0.05, 0) is 68.8 Å². The van der Waals surface area contributed by atoms with E-state index in [1.165, 1.54) is 12.8 Å². The van der Waals surface area contributed by atoms with E-state index >= 15 is 0 Å². The first kappa shape index (κ1) is 15.6. The molecule has 2 saturated heterocycles. The minimum absolute atomic E-state index is 0.0105. The van der Waals surface area contributed by atoms with Crippen LogP contribution >= 0.6 is 11.6 Å². The number of carbonyl (C=O) groups is 1. The van der Waals surface area contributed by atoms with Crippen molar-refractivity contribution in [2.75, 3.05) is 31.5 Å². The number of piperidine rings is 2. The van der Waals surface area contributed by atoms with Gasteiger partial charge in [-0.15, -0.1) is 0 Å². The summed E-state index contributed by atoms with van der Waals surface area (Å²) in [6.07, 6.45) is 4.74. The number of likely N-dealkylation sites (tertiary alicyclic amines) is 1. The Bertz CT molecular complexity index is 545. The first-order chi connectivity index (χ1) is 10.6. The lowest BCUT2D eigenvalue weighted by Crippen LogP contribution is -2.48. The zero-order chi connectivity index (χ0) is 15.6. The van der Waals surface area contributed by atoms with Gasteiger partial charge >= 0.3 is 6.03 Å². The molecule has 0 unspecified atom stereocenters. The molecular weight excluding hydrogens is 298 g/mol. The van der Waals surface area contributed by atoms with Crippen molar-refractivity contribution in [1.29, 1.82) is 0 Å². The van der Waals surface area contributed by atoms with E-state index in [2.05, 4.69) is 10.6 Å². The first-order valence-electron chi connectivity index (χ1n) is 8.11. The monoisotopic (exact) mass is 321 g/mol. The summed E-state index contributed by atoms with van der Waals surface area (Å²) in [6.45, 7) is 5.90. The Morgan fingerprint density at radius 2 is 1.91 bits per heavy atom. The summed E-state index contributed by atoms with van der Waals surface area (Å²) in [7, 11) is 0. The molecule has 0 saturated carbocycles. The summed E-state index contributed by atoms with van der Waals surface area (Å²) < 4.78 is 0. The molecule has 2 N–H and O–H groups in total. The van der Waals surface area contributed by atoms with Crippen molar-refractivity contribution in [3.8, 4) is 0 Å². The summed E-state index contributed by atoms with van der Waals surface area (Å²) in [5.41, 5.74) is 2.25. The number of benzene rings is 1. The Morgan fingerprint density at radius 3 is 2.55 bits per heavy atom. The summed E-state index contributed by atoms with van der Waals surface area (Å²) in [4.78, 5) is 14.3. The van der Waals surface area contributed by atoms with Crippen molar-refractivity contribution in [3.63, 3.8) is 0 Å². The molecule has 2 heterocycles. The number of aryl methyl sites for hydroxylation is 1. The minimum Gasteiger partial charge on any atom is -0.324 e. The Kier molecular flexibility index (Phi) is 4.59. The molecule has 0 aromatic heterocycles. The van der Waals surface area contributed by atoms with Crippen LogP contribution in [0.3, 0.4) is 0 Å². The number of hydrogen-bond acceptors (Lipinski definition) is 2. The second-order valence-electron chi connectivity index (χ2n) is 6.63. The highest BCUT2D eigenvalue weighted by molar-refractivity contribution is 6.31. The maximum absolute atomic E-state index is 12.4. The number of hydrogen-bond donors (Lipinski definition) is 2. The fourth-order valence-corrected chi connectivity index (χ4v) is 3.69. The van der Waals surface area contributed by atoms with Crippen molar-refractivity contribution in [2.24, 2.45) is 5.41 Å². The second kappa shape index (κ2) is 6.47. The molecule has 2 aliphatic rings. The van der Waals surface area contributed by atoms with E-state index < -0.39 is 0 Å². The molecule has 2 amide bonds. The Hall–Kier alpha value is -1.26. The van der Waals surface area contributed by atoms with E-state index in [-0.39, 0.29) is 6.03 Å². The van der Waals surface area contributed by atoms with Crippen molar-refractivity contribution in [1.82, 2.24) is 10.2 Å². The third-order valence-electron chi connectivity index (χ3n) is 5.20. The normalized spacial score (nSPS) is 20.9. The summed E-state index contributed by atoms with van der Waals surface area (Å²) in [5.74, 6) is 0. The van der Waals surface area contributed by atoms with Gasteiger partial charge in [-0.1, -0.05) is 17.7 Å². The molecule has 0 bridgehead atoms. The molecule has 22 heavy (non-hydrogen) atoms. The van der Waals surface area contributed by atoms with Gasteiger partial charge in [-0.25, -0.2) is 4.79 Å². The van der Waals surface area contributed by atoms with E-state index in [9.17, 15) is 4.79 Å². The number of halogens is 1. The molecule has 1 spiro atoms. The van der Waals surface area contributed by atoms with Crippen LogP contribution in [0.5, 0.6) is 0 Å². The van der Waals surface area contributed by atoms with E-state index in [0.29, 0.717) is 10.4 Å². The van der Waals surface area contributed by atoms with Gasteiger partial charge in [0, 0.05) is 23.8 Å². The summed E-state index contributed by atoms with van der Waals surface area (Å²) in [5, 5.41) is 7.07. The lowest BCUT2D eigenvalue weighted by atomic mass is 9.72. The van der Waals surface area contributed by atoms with E-state index in [1.807, 2.05) is 30.0 Å². The third kappa shape index (κ3) is 3.39. The van der Waals surface area contributed by atoms with Crippen molar-refractivity contribution >= 4 is 23.3 Å². The molecule has 5 heteroatoms. The molecule has 4 nitrogen and oxygen atoms in total. The predicted molar refractivity (Wildman–Crippen MR) is 90.6 cm³/mol. The van der Waals surface area contributed by atoms with Crippen LogP contribution in [0, 0.1) is 12.3 Å². The van der Waals surface area contributed by atoms with Crippen molar-refractivity contribution < 1.29 is 4.79 Å². The van der Waals surface area contributed by atoms with Crippen LogP contribution in [-0.2, 0) is 0 Å². The van der Waals surface area contributed by atoms with Crippen LogP contribution in [-0.4, -0.2) is 37.1 Å². The molecule has 0 aliphatic carbocycles. The van der Waals surface area contributed by atoms with Gasteiger partial charge in [0.25, 0.3) is 0 Å². The molecule has 1 aromatic rings. The molecule has 120 valence electrons. The van der Waals surface area contributed by atoms with E-state index in [0.717, 1.165) is 50.3 Å². The number of amides is 2. The zero-order valence-corrected chi connectivity index (χ0v) is 13.9. The molecule has 2 fully saturated rings. The van der Waals surface area contributed by atoms with Gasteiger partial charge in [-0.3, -0.25) is 0 Å². The van der Waals surface area contributed by atoms with Gasteiger partial charge in [-0.2, -0.15) is 0 Å². The Morgan fingerprint density at radius 1 is 1.23 bits per heavy atom. The average Bonchev–Trinajstić information content (AvgIpc) is 2.52. The molecule has 2 aliphatic heterocycles. The van der Waals surface area contributed by atoms with Crippen molar-refractivity contribution in [2.45, 2.75) is 32.6 Å². The maximum atomic E-state index is 12.4. The highest BCUT2D eigenvalue weighted by Gasteiger charge is 2.36. The second-order valence-corrected chi connectivity index (χ2v) is 7.04. The highest BCUT2D eigenvalue weighted by Crippen LogP contribution is 2.39. The largest absolute Gasteiger partial charge is 0.324 e. The lowest BCUT2D eigenvalue weighted by Gasteiger charge is -2.44. The topological polar surface area (TPSA) is 44.4 Å². The van der Waals surface area contributed by atoms with Crippen LogP contribution < -0.4 is 10.6 Å². The van der Waals surface area contributed by atoms with Crippen molar-refractivity contribution in [3.05, 3.63) is 28.8 Å². The Labute approximate surface area is 137 Å². The van der Waals surface area contributed by atoms with Gasteiger partial charge in [0.05, 0.1) is 0 Å². The summed E-state index contributed by atoms with van der Waals surface area (Å²) in [6, 6.07) is 5.63. The zero-order valence-electron chi connectivity index (χ0n) is 13.1. The van der Waals surface area contributed by atoms with Gasteiger partial charge in [0.15, 0.2) is 0 Å². The number of rotatable bonds is 1. The van der Waals surface area contributed by atoms with Gasteiger partial charge < -0.3 is 15.5 Å². The molecule has 1 aromatic carbocycles. The molecule has 3 rings (SSSR count). The fourth-order valence-electron chi connectivity index (χ4n) is 3.51. The van der Waals surface area contributed by atoms with E-state index in [4.69, 9.17) is 11.6 Å².